The van der Waals surface area contributed by atoms with Gasteiger partial charge in [-0.05, 0) is 42.3 Å². The zero-order chi connectivity index (χ0) is 16.4. The molecule has 0 fully saturated rings. The number of aromatic nitrogens is 5. The summed E-state index contributed by atoms with van der Waals surface area (Å²) in [6, 6.07) is 1.77. The Morgan fingerprint density at radius 3 is 2.96 bits per heavy atom. The van der Waals surface area contributed by atoms with Crippen LogP contribution in [-0.4, -0.2) is 36.8 Å². The Balaban J connectivity index is 1.56. The molecular formula is C15H17BrN6O. The summed E-state index contributed by atoms with van der Waals surface area (Å²) in [6.45, 7) is 5.31. The quantitative estimate of drug-likeness (QED) is 0.691. The zero-order valence-electron chi connectivity index (χ0n) is 13.0. The van der Waals surface area contributed by atoms with Crippen LogP contribution in [0.4, 0.5) is 0 Å². The molecule has 0 saturated heterocycles. The topological polar surface area (TPSA) is 77.1 Å². The third-order valence-corrected chi connectivity index (χ3v) is 4.80. The Kier molecular flexibility index (Phi) is 4.42. The molecule has 3 heterocycles. The van der Waals surface area contributed by atoms with Crippen molar-refractivity contribution in [1.29, 1.82) is 0 Å². The molecule has 0 saturated carbocycles. The molecule has 1 amide bonds. The average Bonchev–Trinajstić information content (AvgIpc) is 3.09. The number of rotatable bonds is 5. The van der Waals surface area contributed by atoms with Crippen molar-refractivity contribution in [3.05, 3.63) is 46.1 Å². The first-order valence-corrected chi connectivity index (χ1v) is 8.13. The van der Waals surface area contributed by atoms with E-state index in [1.807, 2.05) is 18.5 Å². The van der Waals surface area contributed by atoms with Crippen molar-refractivity contribution in [2.24, 2.45) is 0 Å². The normalized spacial score (nSPS) is 11.1. The maximum Gasteiger partial charge on any atom is 0.256 e. The molecule has 0 spiro atoms. The van der Waals surface area contributed by atoms with E-state index in [2.05, 4.69) is 36.4 Å². The van der Waals surface area contributed by atoms with Crippen LogP contribution in [0.2, 0.25) is 0 Å². The highest BCUT2D eigenvalue weighted by Crippen LogP contribution is 2.19. The smallest absolute Gasteiger partial charge is 0.256 e. The molecule has 0 aliphatic carbocycles. The van der Waals surface area contributed by atoms with Gasteiger partial charge < -0.3 is 5.32 Å². The maximum atomic E-state index is 12.2. The van der Waals surface area contributed by atoms with E-state index in [4.69, 9.17) is 0 Å². The molecule has 23 heavy (non-hydrogen) atoms. The summed E-state index contributed by atoms with van der Waals surface area (Å²) in [7, 11) is 0. The second kappa shape index (κ2) is 6.49. The molecular weight excluding hydrogens is 360 g/mol. The van der Waals surface area contributed by atoms with Crippen molar-refractivity contribution in [2.75, 3.05) is 6.54 Å². The zero-order valence-corrected chi connectivity index (χ0v) is 14.5. The highest BCUT2D eigenvalue weighted by atomic mass is 79.9. The lowest BCUT2D eigenvalue weighted by molar-refractivity contribution is 0.0954. The van der Waals surface area contributed by atoms with E-state index < -0.39 is 0 Å². The number of carbonyl (C=O) groups is 1. The van der Waals surface area contributed by atoms with E-state index in [0.717, 1.165) is 28.8 Å². The van der Waals surface area contributed by atoms with E-state index in [-0.39, 0.29) is 5.91 Å². The van der Waals surface area contributed by atoms with Crippen molar-refractivity contribution >= 4 is 27.5 Å². The molecule has 0 aliphatic heterocycles. The fraction of sp³-hybridized carbons (Fsp3) is 0.333. The maximum absolute atomic E-state index is 12.2. The minimum absolute atomic E-state index is 0.159. The summed E-state index contributed by atoms with van der Waals surface area (Å²) in [4.78, 5) is 16.4. The lowest BCUT2D eigenvalue weighted by Crippen LogP contribution is -2.25. The third kappa shape index (κ3) is 3.12. The van der Waals surface area contributed by atoms with Crippen LogP contribution in [-0.2, 0) is 6.54 Å². The number of fused-ring (bicyclic) bond motifs is 1. The van der Waals surface area contributed by atoms with Gasteiger partial charge >= 0.3 is 0 Å². The third-order valence-electron chi connectivity index (χ3n) is 3.65. The largest absolute Gasteiger partial charge is 0.352 e. The highest BCUT2D eigenvalue weighted by Gasteiger charge is 2.13. The van der Waals surface area contributed by atoms with Crippen LogP contribution in [0.25, 0.3) is 5.65 Å². The van der Waals surface area contributed by atoms with E-state index in [9.17, 15) is 4.79 Å². The van der Waals surface area contributed by atoms with Gasteiger partial charge in [0.15, 0.2) is 5.65 Å². The first-order valence-electron chi connectivity index (χ1n) is 7.34. The van der Waals surface area contributed by atoms with Crippen LogP contribution in [0.5, 0.6) is 0 Å². The molecule has 0 unspecified atom stereocenters. The minimum atomic E-state index is -0.159. The van der Waals surface area contributed by atoms with Crippen molar-refractivity contribution in [2.45, 2.75) is 26.8 Å². The fourth-order valence-corrected chi connectivity index (χ4v) is 2.69. The Morgan fingerprint density at radius 2 is 2.22 bits per heavy atom. The summed E-state index contributed by atoms with van der Waals surface area (Å²) in [5, 5.41) is 11.5. The number of hydrogen-bond donors (Lipinski definition) is 1. The van der Waals surface area contributed by atoms with Crippen LogP contribution in [0.1, 0.15) is 28.2 Å². The molecule has 120 valence electrons. The second-order valence-electron chi connectivity index (χ2n) is 5.26. The van der Waals surface area contributed by atoms with Gasteiger partial charge in [-0.2, -0.15) is 10.2 Å². The van der Waals surface area contributed by atoms with Crippen LogP contribution in [0, 0.1) is 13.8 Å². The summed E-state index contributed by atoms with van der Waals surface area (Å²) in [5.74, 6) is -0.159. The summed E-state index contributed by atoms with van der Waals surface area (Å²) >= 11 is 3.51. The van der Waals surface area contributed by atoms with Crippen LogP contribution in [0.3, 0.4) is 0 Å². The van der Waals surface area contributed by atoms with Crippen LogP contribution < -0.4 is 5.32 Å². The van der Waals surface area contributed by atoms with Crippen molar-refractivity contribution < 1.29 is 4.79 Å². The average molecular weight is 377 g/mol. The molecule has 3 aromatic rings. The number of aryl methyl sites for hydroxylation is 2. The minimum Gasteiger partial charge on any atom is -0.352 e. The number of nitrogens with one attached hydrogen (secondary N) is 1. The lowest BCUT2D eigenvalue weighted by atomic mass is 10.3. The lowest BCUT2D eigenvalue weighted by Gasteiger charge is -2.06. The van der Waals surface area contributed by atoms with Gasteiger partial charge in [-0.25, -0.2) is 9.50 Å². The standard InChI is InChI=1S/C15H17BrN6O/c1-10-13(16)11(2)21(20-10)7-4-6-18-15(23)12-9-19-22-8-3-5-17-14(12)22/h3,5,8-9H,4,6-7H2,1-2H3,(H,18,23). The molecule has 1 N–H and O–H groups in total. The molecule has 7 nitrogen and oxygen atoms in total. The van der Waals surface area contributed by atoms with E-state index >= 15 is 0 Å². The van der Waals surface area contributed by atoms with Crippen molar-refractivity contribution in [3.8, 4) is 0 Å². The first-order chi connectivity index (χ1) is 11.1. The van der Waals surface area contributed by atoms with Gasteiger partial charge in [-0.3, -0.25) is 9.48 Å². The Bertz CT molecular complexity index is 853. The van der Waals surface area contributed by atoms with E-state index in [1.165, 1.54) is 6.20 Å². The van der Waals surface area contributed by atoms with Gasteiger partial charge in [0.25, 0.3) is 5.91 Å². The first kappa shape index (κ1) is 15.7. The van der Waals surface area contributed by atoms with Gasteiger partial charge in [-0.1, -0.05) is 0 Å². The fourth-order valence-electron chi connectivity index (χ4n) is 2.41. The van der Waals surface area contributed by atoms with Gasteiger partial charge in [0.1, 0.15) is 5.56 Å². The van der Waals surface area contributed by atoms with E-state index in [1.54, 1.807) is 23.0 Å². The second-order valence-corrected chi connectivity index (χ2v) is 6.06. The molecule has 3 rings (SSSR count). The molecule has 0 aromatic carbocycles. The van der Waals surface area contributed by atoms with Crippen molar-refractivity contribution in [1.82, 2.24) is 29.7 Å². The molecule has 0 aliphatic rings. The number of hydrogen-bond acceptors (Lipinski definition) is 4. The number of halogens is 1. The Morgan fingerprint density at radius 1 is 1.39 bits per heavy atom. The van der Waals surface area contributed by atoms with Crippen LogP contribution >= 0.6 is 15.9 Å². The Labute approximate surface area is 141 Å². The van der Waals surface area contributed by atoms with Gasteiger partial charge in [-0.15, -0.1) is 0 Å². The monoisotopic (exact) mass is 376 g/mol. The van der Waals surface area contributed by atoms with E-state index in [0.29, 0.717) is 17.8 Å². The number of nitrogens with zero attached hydrogens (tertiary/aromatic N) is 5. The molecule has 8 heteroatoms. The molecule has 0 radical (unpaired) electrons. The van der Waals surface area contributed by atoms with Gasteiger partial charge in [0, 0.05) is 31.2 Å². The highest BCUT2D eigenvalue weighted by molar-refractivity contribution is 9.10. The molecule has 0 bridgehead atoms. The summed E-state index contributed by atoms with van der Waals surface area (Å²) in [6.07, 6.45) is 5.75. The molecule has 3 aromatic heterocycles. The molecule has 0 atom stereocenters. The predicted molar refractivity (Wildman–Crippen MR) is 89.3 cm³/mol. The van der Waals surface area contributed by atoms with Crippen molar-refractivity contribution in [3.63, 3.8) is 0 Å². The number of carbonyl (C=O) groups excluding carboxylic acids is 1. The SMILES string of the molecule is Cc1nn(CCCNC(=O)c2cnn3cccnc23)c(C)c1Br. The van der Waals surface area contributed by atoms with Crippen LogP contribution in [0.15, 0.2) is 29.1 Å². The van der Waals surface area contributed by atoms with Gasteiger partial charge in [0.05, 0.1) is 16.4 Å². The summed E-state index contributed by atoms with van der Waals surface area (Å²) < 4.78 is 4.57. The Hall–Kier alpha value is -2.22. The number of amides is 1. The predicted octanol–water partition coefficient (Wildman–Crippen LogP) is 2.13. The summed E-state index contributed by atoms with van der Waals surface area (Å²) in [5.41, 5.74) is 3.12. The van der Waals surface area contributed by atoms with Gasteiger partial charge in [0.2, 0.25) is 0 Å².